The summed E-state index contributed by atoms with van der Waals surface area (Å²) in [4.78, 5) is 12.3. The predicted molar refractivity (Wildman–Crippen MR) is 126 cm³/mol. The highest BCUT2D eigenvalue weighted by Gasteiger charge is 2.22. The number of carbonyl (C=O) groups is 1. The third-order valence-electron chi connectivity index (χ3n) is 4.65. The average molecular weight is 537 g/mol. The number of esters is 1. The molecule has 0 saturated heterocycles. The Morgan fingerprint density at radius 3 is 2.55 bits per heavy atom. The van der Waals surface area contributed by atoms with Crippen molar-refractivity contribution in [3.63, 3.8) is 0 Å². The van der Waals surface area contributed by atoms with Crippen LogP contribution in [0.25, 0.3) is 11.8 Å². The monoisotopic (exact) mass is 535 g/mol. The van der Waals surface area contributed by atoms with E-state index in [0.29, 0.717) is 22.6 Å². The largest absolute Gasteiger partial charge is 0.488 e. The van der Waals surface area contributed by atoms with E-state index >= 15 is 0 Å². The number of rotatable bonds is 5. The zero-order chi connectivity index (χ0) is 21.8. The molecule has 3 aromatic rings. The van der Waals surface area contributed by atoms with E-state index in [1.54, 1.807) is 18.2 Å². The quantitative estimate of drug-likeness (QED) is 0.271. The Kier molecular flexibility index (Phi) is 6.36. The van der Waals surface area contributed by atoms with Gasteiger partial charge in [0.2, 0.25) is 0 Å². The first-order valence-electron chi connectivity index (χ1n) is 9.35. The zero-order valence-electron chi connectivity index (χ0n) is 16.1. The fraction of sp³-hybridized carbons (Fsp3) is 0.0400. The van der Waals surface area contributed by atoms with Crippen molar-refractivity contribution in [2.45, 2.75) is 6.61 Å². The third-order valence-corrected chi connectivity index (χ3v) is 5.80. The first kappa shape index (κ1) is 21.1. The number of nitriles is 1. The summed E-state index contributed by atoms with van der Waals surface area (Å²) in [6.45, 7) is 0.286. The van der Waals surface area contributed by atoms with Gasteiger partial charge < -0.3 is 9.47 Å². The molecule has 0 saturated carbocycles. The molecule has 6 heteroatoms. The summed E-state index contributed by atoms with van der Waals surface area (Å²) in [7, 11) is 0. The summed E-state index contributed by atoms with van der Waals surface area (Å²) in [6.07, 6.45) is 3.51. The first-order chi connectivity index (χ1) is 15.0. The summed E-state index contributed by atoms with van der Waals surface area (Å²) in [6, 6.07) is 22.6. The van der Waals surface area contributed by atoms with E-state index in [-0.39, 0.29) is 12.6 Å². The molecule has 4 rings (SSSR count). The third kappa shape index (κ3) is 4.96. The maximum Gasteiger partial charge on any atom is 0.343 e. The number of cyclic esters (lactones) is 1. The van der Waals surface area contributed by atoms with Gasteiger partial charge in [0.25, 0.3) is 0 Å². The summed E-state index contributed by atoms with van der Waals surface area (Å²) in [5.74, 6) is 0.788. The van der Waals surface area contributed by atoms with E-state index in [9.17, 15) is 10.1 Å². The average Bonchev–Trinajstić information content (AvgIpc) is 3.14. The molecule has 0 spiro atoms. The van der Waals surface area contributed by atoms with Crippen LogP contribution in [0.3, 0.4) is 0 Å². The van der Waals surface area contributed by atoms with Crippen LogP contribution >= 0.6 is 31.9 Å². The van der Waals surface area contributed by atoms with E-state index in [1.165, 1.54) is 0 Å². The predicted octanol–water partition coefficient (Wildman–Crippen LogP) is 6.64. The zero-order valence-corrected chi connectivity index (χ0v) is 19.3. The first-order valence-corrected chi connectivity index (χ1v) is 10.9. The fourth-order valence-corrected chi connectivity index (χ4v) is 3.83. The van der Waals surface area contributed by atoms with Gasteiger partial charge in [0.1, 0.15) is 18.1 Å². The molecular weight excluding hydrogens is 522 g/mol. The van der Waals surface area contributed by atoms with Gasteiger partial charge in [0.15, 0.2) is 0 Å². The smallest absolute Gasteiger partial charge is 0.343 e. The van der Waals surface area contributed by atoms with Crippen LogP contribution in [0.4, 0.5) is 0 Å². The van der Waals surface area contributed by atoms with Crippen LogP contribution in [0, 0.1) is 11.3 Å². The lowest BCUT2D eigenvalue weighted by atomic mass is 10.1. The number of nitrogens with zero attached hydrogens (tertiary/aromatic N) is 1. The highest BCUT2D eigenvalue weighted by Crippen LogP contribution is 2.31. The normalized spacial score (nSPS) is 14.2. The molecule has 0 aliphatic carbocycles. The van der Waals surface area contributed by atoms with E-state index in [0.717, 1.165) is 25.6 Å². The Hall–Kier alpha value is -3.14. The van der Waals surface area contributed by atoms with Gasteiger partial charge >= 0.3 is 5.97 Å². The Morgan fingerprint density at radius 2 is 1.81 bits per heavy atom. The lowest BCUT2D eigenvalue weighted by Crippen LogP contribution is -1.99. The second kappa shape index (κ2) is 9.34. The number of benzene rings is 3. The molecule has 0 fully saturated rings. The van der Waals surface area contributed by atoms with Gasteiger partial charge in [-0.05, 0) is 64.0 Å². The second-order valence-electron chi connectivity index (χ2n) is 6.75. The van der Waals surface area contributed by atoms with Gasteiger partial charge in [-0.3, -0.25) is 0 Å². The molecule has 0 bridgehead atoms. The van der Waals surface area contributed by atoms with Gasteiger partial charge in [0, 0.05) is 15.6 Å². The van der Waals surface area contributed by atoms with Crippen molar-refractivity contribution in [3.8, 4) is 11.8 Å². The Bertz CT molecular complexity index is 1250. The molecule has 0 radical (unpaired) electrons. The van der Waals surface area contributed by atoms with Crippen LogP contribution in [0.2, 0.25) is 0 Å². The molecule has 4 nitrogen and oxygen atoms in total. The molecule has 0 atom stereocenters. The highest BCUT2D eigenvalue weighted by atomic mass is 79.9. The maximum atomic E-state index is 12.3. The van der Waals surface area contributed by atoms with Crippen LogP contribution in [0.15, 0.2) is 87.3 Å². The van der Waals surface area contributed by atoms with Gasteiger partial charge in [0.05, 0.1) is 21.7 Å². The van der Waals surface area contributed by atoms with Gasteiger partial charge in [-0.15, -0.1) is 0 Å². The lowest BCUT2D eigenvalue weighted by Gasteiger charge is -2.10. The van der Waals surface area contributed by atoms with Gasteiger partial charge in [-0.25, -0.2) is 4.79 Å². The van der Waals surface area contributed by atoms with Crippen molar-refractivity contribution in [1.29, 1.82) is 5.26 Å². The van der Waals surface area contributed by atoms with E-state index < -0.39 is 0 Å². The molecule has 0 unspecified atom stereocenters. The van der Waals surface area contributed by atoms with E-state index in [1.807, 2.05) is 60.7 Å². The van der Waals surface area contributed by atoms with E-state index in [2.05, 4.69) is 37.9 Å². The molecule has 0 aromatic heterocycles. The van der Waals surface area contributed by atoms with Crippen molar-refractivity contribution < 1.29 is 14.3 Å². The van der Waals surface area contributed by atoms with Crippen molar-refractivity contribution in [1.82, 2.24) is 0 Å². The molecule has 0 N–H and O–H groups in total. The summed E-state index contributed by atoms with van der Waals surface area (Å²) < 4.78 is 13.0. The minimum Gasteiger partial charge on any atom is -0.488 e. The minimum atomic E-state index is -0.387. The molecule has 1 aliphatic heterocycles. The second-order valence-corrected chi connectivity index (χ2v) is 8.52. The topological polar surface area (TPSA) is 59.3 Å². The molecule has 1 aliphatic rings. The summed E-state index contributed by atoms with van der Waals surface area (Å²) in [5, 5.41) is 9.20. The fourth-order valence-electron chi connectivity index (χ4n) is 3.06. The molecule has 1 heterocycles. The SMILES string of the molecule is N#Cc1ccccc1COc1ccc(/C=C2\C=C(c3ccc(Br)cc3)OC2=O)cc1Br. The summed E-state index contributed by atoms with van der Waals surface area (Å²) >= 11 is 6.92. The molecule has 3 aromatic carbocycles. The number of ether oxygens (including phenoxy) is 2. The standard InChI is InChI=1S/C25H15Br2NO3/c26-21-8-6-17(7-9-21)24-13-20(25(29)31-24)11-16-5-10-23(22(27)12-16)30-15-19-4-2-1-3-18(19)14-28/h1-13H,15H2/b20-11+. The number of hydrogen-bond acceptors (Lipinski definition) is 4. The summed E-state index contributed by atoms with van der Waals surface area (Å²) in [5.41, 5.74) is 3.55. The Balaban J connectivity index is 1.51. The van der Waals surface area contributed by atoms with Crippen molar-refractivity contribution in [3.05, 3.63) is 110 Å². The molecule has 31 heavy (non-hydrogen) atoms. The molecular formula is C25H15Br2NO3. The van der Waals surface area contributed by atoms with Crippen molar-refractivity contribution >= 4 is 49.7 Å². The van der Waals surface area contributed by atoms with Crippen molar-refractivity contribution in [2.24, 2.45) is 0 Å². The van der Waals surface area contributed by atoms with Gasteiger partial charge in [-0.2, -0.15) is 5.26 Å². The van der Waals surface area contributed by atoms with Gasteiger partial charge in [-0.1, -0.05) is 52.3 Å². The molecule has 152 valence electrons. The minimum absolute atomic E-state index is 0.286. The van der Waals surface area contributed by atoms with E-state index in [4.69, 9.17) is 9.47 Å². The van der Waals surface area contributed by atoms with Crippen LogP contribution in [0.5, 0.6) is 5.75 Å². The van der Waals surface area contributed by atoms with Crippen LogP contribution in [-0.4, -0.2) is 5.97 Å². The Morgan fingerprint density at radius 1 is 1.03 bits per heavy atom. The lowest BCUT2D eigenvalue weighted by molar-refractivity contribution is -0.130. The van der Waals surface area contributed by atoms with Crippen LogP contribution < -0.4 is 4.74 Å². The van der Waals surface area contributed by atoms with Crippen LogP contribution in [0.1, 0.15) is 22.3 Å². The number of halogens is 2. The van der Waals surface area contributed by atoms with Crippen LogP contribution in [-0.2, 0) is 16.1 Å². The van der Waals surface area contributed by atoms with Crippen molar-refractivity contribution in [2.75, 3.05) is 0 Å². The maximum absolute atomic E-state index is 12.3. The number of carbonyl (C=O) groups excluding carboxylic acids is 1. The molecule has 0 amide bonds. The Labute approximate surface area is 196 Å². The number of hydrogen-bond donors (Lipinski definition) is 0. The highest BCUT2D eigenvalue weighted by molar-refractivity contribution is 9.10.